The Morgan fingerprint density at radius 3 is 2.84 bits per heavy atom. The van der Waals surface area contributed by atoms with Gasteiger partial charge in [0.15, 0.2) is 0 Å². The maximum Gasteiger partial charge on any atom is 0.404 e. The van der Waals surface area contributed by atoms with Crippen LogP contribution in [0.15, 0.2) is 22.8 Å². The molecule has 8 heteroatoms. The number of hydrogen-bond acceptors (Lipinski definition) is 4. The van der Waals surface area contributed by atoms with E-state index in [1.54, 1.807) is 19.2 Å². The molecule has 0 spiro atoms. The van der Waals surface area contributed by atoms with Crippen molar-refractivity contribution in [3.05, 3.63) is 33.9 Å². The van der Waals surface area contributed by atoms with Crippen LogP contribution in [-0.2, 0) is 4.74 Å². The summed E-state index contributed by atoms with van der Waals surface area (Å²) in [4.78, 5) is 22.9. The van der Waals surface area contributed by atoms with E-state index in [2.05, 4.69) is 21.2 Å². The molecule has 25 heavy (non-hydrogen) atoms. The van der Waals surface area contributed by atoms with Gasteiger partial charge in [-0.25, -0.2) is 4.79 Å². The molecule has 1 aromatic heterocycles. The summed E-state index contributed by atoms with van der Waals surface area (Å²) in [6.07, 6.45) is 2.29. The van der Waals surface area contributed by atoms with Gasteiger partial charge in [-0.1, -0.05) is 6.07 Å². The van der Waals surface area contributed by atoms with E-state index in [-0.39, 0.29) is 17.9 Å². The van der Waals surface area contributed by atoms with Gasteiger partial charge in [0.1, 0.15) is 10.7 Å². The first-order valence-corrected chi connectivity index (χ1v) is 8.93. The summed E-state index contributed by atoms with van der Waals surface area (Å²) in [7, 11) is 1.56. The van der Waals surface area contributed by atoms with Crippen molar-refractivity contribution in [1.82, 2.24) is 10.0 Å². The van der Waals surface area contributed by atoms with Gasteiger partial charge in [0.05, 0.1) is 5.52 Å². The van der Waals surface area contributed by atoms with Crippen molar-refractivity contribution in [3.8, 4) is 0 Å². The minimum Gasteiger partial charge on any atom is -0.446 e. The molecule has 0 radical (unpaired) electrons. The number of benzene rings is 1. The van der Waals surface area contributed by atoms with Crippen molar-refractivity contribution in [2.24, 2.45) is 5.73 Å². The molecular formula is C17H20BrN3O4. The van der Waals surface area contributed by atoms with Crippen LogP contribution in [0.1, 0.15) is 47.5 Å². The van der Waals surface area contributed by atoms with Crippen LogP contribution in [0.3, 0.4) is 0 Å². The van der Waals surface area contributed by atoms with E-state index in [9.17, 15) is 14.8 Å². The Kier molecular flexibility index (Phi) is 4.89. The minimum absolute atomic E-state index is 0.120. The molecule has 2 unspecified atom stereocenters. The van der Waals surface area contributed by atoms with E-state index in [1.807, 2.05) is 6.07 Å². The van der Waals surface area contributed by atoms with Gasteiger partial charge in [-0.05, 0) is 65.2 Å². The molecule has 3 rings (SSSR count). The van der Waals surface area contributed by atoms with Gasteiger partial charge < -0.3 is 21.0 Å². The van der Waals surface area contributed by atoms with Crippen LogP contribution in [0.25, 0.3) is 10.9 Å². The quantitative estimate of drug-likeness (QED) is 0.676. The van der Waals surface area contributed by atoms with Crippen LogP contribution in [0, 0.1) is 0 Å². The van der Waals surface area contributed by atoms with Crippen molar-refractivity contribution in [1.29, 1.82) is 0 Å². The molecule has 2 amide bonds. The molecule has 1 heterocycles. The normalized spacial score (nSPS) is 20.4. The zero-order valence-electron chi connectivity index (χ0n) is 13.8. The highest BCUT2D eigenvalue weighted by Crippen LogP contribution is 2.42. The molecule has 134 valence electrons. The van der Waals surface area contributed by atoms with Crippen molar-refractivity contribution in [3.63, 3.8) is 0 Å². The van der Waals surface area contributed by atoms with Crippen molar-refractivity contribution < 1.29 is 19.5 Å². The van der Waals surface area contributed by atoms with Crippen molar-refractivity contribution in [2.45, 2.75) is 37.7 Å². The Hall–Kier alpha value is -2.22. The molecular weight excluding hydrogens is 390 g/mol. The first-order valence-electron chi connectivity index (χ1n) is 8.13. The second-order valence-corrected chi connectivity index (χ2v) is 7.00. The molecule has 2 aromatic rings. The summed E-state index contributed by atoms with van der Waals surface area (Å²) in [5.41, 5.74) is 7.12. The number of halogens is 1. The number of aromatic nitrogens is 1. The average Bonchev–Trinajstić information content (AvgIpc) is 2.84. The molecule has 1 fully saturated rings. The van der Waals surface area contributed by atoms with Crippen molar-refractivity contribution >= 4 is 38.8 Å². The number of amides is 2. The summed E-state index contributed by atoms with van der Waals surface area (Å²) in [5, 5.41) is 13.9. The summed E-state index contributed by atoms with van der Waals surface area (Å²) in [5.74, 6) is -0.0948. The predicted octanol–water partition coefficient (Wildman–Crippen LogP) is 3.12. The minimum atomic E-state index is -0.760. The van der Waals surface area contributed by atoms with E-state index in [0.717, 1.165) is 34.9 Å². The van der Waals surface area contributed by atoms with Gasteiger partial charge >= 0.3 is 6.09 Å². The molecule has 1 aliphatic rings. The molecule has 0 saturated heterocycles. The fourth-order valence-electron chi connectivity index (χ4n) is 3.62. The SMILES string of the molecule is CNC(=O)c1ccc2c(C3CCCC(OC(N)=O)C3)c(Br)n(O)c2c1. The Bertz CT molecular complexity index is 833. The van der Waals surface area contributed by atoms with Gasteiger partial charge in [-0.2, -0.15) is 4.73 Å². The summed E-state index contributed by atoms with van der Waals surface area (Å²) in [6, 6.07) is 5.23. The smallest absolute Gasteiger partial charge is 0.404 e. The largest absolute Gasteiger partial charge is 0.446 e. The number of primary amides is 1. The number of nitrogens with zero attached hydrogens (tertiary/aromatic N) is 1. The predicted molar refractivity (Wildman–Crippen MR) is 95.9 cm³/mol. The van der Waals surface area contributed by atoms with Crippen LogP contribution in [0.2, 0.25) is 0 Å². The van der Waals surface area contributed by atoms with Gasteiger partial charge in [-0.3, -0.25) is 4.79 Å². The lowest BCUT2D eigenvalue weighted by atomic mass is 9.82. The number of carbonyl (C=O) groups excluding carboxylic acids is 2. The van der Waals surface area contributed by atoms with Crippen LogP contribution in [-0.4, -0.2) is 35.1 Å². The number of fused-ring (bicyclic) bond motifs is 1. The second kappa shape index (κ2) is 6.95. The first-order chi connectivity index (χ1) is 11.9. The molecule has 0 aliphatic heterocycles. The third-order valence-corrected chi connectivity index (χ3v) is 5.49. The Morgan fingerprint density at radius 1 is 1.40 bits per heavy atom. The Balaban J connectivity index is 2.00. The van der Waals surface area contributed by atoms with Gasteiger partial charge in [0, 0.05) is 18.0 Å². The number of nitrogens with two attached hydrogens (primary N) is 1. The summed E-state index contributed by atoms with van der Waals surface area (Å²) >= 11 is 3.46. The topological polar surface area (TPSA) is 107 Å². The fourth-order valence-corrected chi connectivity index (χ4v) is 4.35. The van der Waals surface area contributed by atoms with E-state index in [1.165, 1.54) is 0 Å². The number of nitrogens with one attached hydrogen (secondary N) is 1. The Morgan fingerprint density at radius 2 is 2.16 bits per heavy atom. The van der Waals surface area contributed by atoms with Crippen molar-refractivity contribution in [2.75, 3.05) is 7.05 Å². The van der Waals surface area contributed by atoms with E-state index >= 15 is 0 Å². The second-order valence-electron chi connectivity index (χ2n) is 6.25. The van der Waals surface area contributed by atoms with E-state index in [0.29, 0.717) is 22.1 Å². The third-order valence-electron chi connectivity index (χ3n) is 4.73. The molecule has 2 atom stereocenters. The lowest BCUT2D eigenvalue weighted by molar-refractivity contribution is 0.0767. The van der Waals surface area contributed by atoms with Gasteiger partial charge in [0.25, 0.3) is 5.91 Å². The first kappa shape index (κ1) is 17.6. The fraction of sp³-hybridized carbons (Fsp3) is 0.412. The lowest BCUT2D eigenvalue weighted by Crippen LogP contribution is -2.27. The highest BCUT2D eigenvalue weighted by molar-refractivity contribution is 9.10. The molecule has 1 saturated carbocycles. The van der Waals surface area contributed by atoms with Gasteiger partial charge in [0.2, 0.25) is 0 Å². The zero-order chi connectivity index (χ0) is 18.1. The average molecular weight is 410 g/mol. The number of carbonyl (C=O) groups is 2. The zero-order valence-corrected chi connectivity index (χ0v) is 15.4. The summed E-state index contributed by atoms with van der Waals surface area (Å²) < 4.78 is 6.78. The summed E-state index contributed by atoms with van der Waals surface area (Å²) in [6.45, 7) is 0. The van der Waals surface area contributed by atoms with Gasteiger partial charge in [-0.15, -0.1) is 0 Å². The Labute approximate surface area is 153 Å². The number of hydrogen-bond donors (Lipinski definition) is 3. The molecule has 0 bridgehead atoms. The molecule has 1 aliphatic carbocycles. The lowest BCUT2D eigenvalue weighted by Gasteiger charge is -2.28. The van der Waals surface area contributed by atoms with Crippen LogP contribution < -0.4 is 11.1 Å². The third kappa shape index (κ3) is 3.30. The highest BCUT2D eigenvalue weighted by Gasteiger charge is 2.30. The van der Waals surface area contributed by atoms with E-state index < -0.39 is 6.09 Å². The van der Waals surface area contributed by atoms with Crippen LogP contribution in [0.5, 0.6) is 0 Å². The standard InChI is InChI=1S/C17H20BrN3O4/c1-20-16(22)10-5-6-12-13(8-10)21(24)15(18)14(12)9-3-2-4-11(7-9)25-17(19)23/h5-6,8-9,11,24H,2-4,7H2,1H3,(H2,19,23)(H,20,22). The van der Waals surface area contributed by atoms with E-state index in [4.69, 9.17) is 10.5 Å². The molecule has 7 nitrogen and oxygen atoms in total. The maximum absolute atomic E-state index is 11.8. The van der Waals surface area contributed by atoms with Crippen LogP contribution in [0.4, 0.5) is 4.79 Å². The number of ether oxygens (including phenoxy) is 1. The van der Waals surface area contributed by atoms with Crippen LogP contribution >= 0.6 is 15.9 Å². The monoisotopic (exact) mass is 409 g/mol. The highest BCUT2D eigenvalue weighted by atomic mass is 79.9. The maximum atomic E-state index is 11.8. The molecule has 1 aromatic carbocycles. The number of rotatable bonds is 3. The molecule has 4 N–H and O–H groups in total.